The van der Waals surface area contributed by atoms with Crippen molar-refractivity contribution in [3.8, 4) is 5.75 Å². The summed E-state index contributed by atoms with van der Waals surface area (Å²) >= 11 is 0. The highest BCUT2D eigenvalue weighted by molar-refractivity contribution is 5.27. The fourth-order valence-electron chi connectivity index (χ4n) is 2.77. The van der Waals surface area contributed by atoms with E-state index in [-0.39, 0.29) is 0 Å². The fourth-order valence-corrected chi connectivity index (χ4v) is 2.77. The summed E-state index contributed by atoms with van der Waals surface area (Å²) in [4.78, 5) is 9.13. The Morgan fingerprint density at radius 3 is 2.95 bits per heavy atom. The minimum atomic E-state index is 0.300. The van der Waals surface area contributed by atoms with Crippen LogP contribution in [0.25, 0.3) is 0 Å². The molecule has 0 saturated carbocycles. The highest BCUT2D eigenvalue weighted by Gasteiger charge is 2.20. The van der Waals surface area contributed by atoms with E-state index >= 15 is 0 Å². The highest BCUT2D eigenvalue weighted by atomic mass is 16.3. The van der Waals surface area contributed by atoms with Gasteiger partial charge in [-0.05, 0) is 52.5 Å². The lowest BCUT2D eigenvalue weighted by atomic mass is 10.0. The second-order valence-electron chi connectivity index (χ2n) is 5.75. The molecule has 0 aliphatic carbocycles. The van der Waals surface area contributed by atoms with Crippen LogP contribution in [-0.4, -0.2) is 53.1 Å². The van der Waals surface area contributed by atoms with Crippen molar-refractivity contribution in [3.63, 3.8) is 0 Å². The molecule has 2 rings (SSSR count). The average molecular weight is 263 g/mol. The summed E-state index contributed by atoms with van der Waals surface area (Å²) in [5.41, 5.74) is 1.73. The Bertz CT molecular complexity index is 422. The van der Waals surface area contributed by atoms with Gasteiger partial charge in [0.15, 0.2) is 0 Å². The van der Waals surface area contributed by atoms with Crippen LogP contribution >= 0.6 is 0 Å². The van der Waals surface area contributed by atoms with Gasteiger partial charge in [0.1, 0.15) is 5.75 Å². The van der Waals surface area contributed by atoms with Crippen molar-refractivity contribution in [2.75, 3.05) is 27.2 Å². The van der Waals surface area contributed by atoms with Crippen LogP contribution in [0.15, 0.2) is 12.1 Å². The van der Waals surface area contributed by atoms with Crippen molar-refractivity contribution in [2.45, 2.75) is 38.8 Å². The topological polar surface area (TPSA) is 39.6 Å². The molecule has 0 aromatic carbocycles. The average Bonchev–Trinajstić information content (AvgIpc) is 2.37. The molecule has 1 aromatic heterocycles. The molecule has 4 nitrogen and oxygen atoms in total. The highest BCUT2D eigenvalue weighted by Crippen LogP contribution is 2.19. The van der Waals surface area contributed by atoms with Gasteiger partial charge in [-0.15, -0.1) is 0 Å². The molecule has 0 bridgehead atoms. The first-order valence-electron chi connectivity index (χ1n) is 7.10. The number of likely N-dealkylation sites (tertiary alicyclic amines) is 1. The summed E-state index contributed by atoms with van der Waals surface area (Å²) in [7, 11) is 4.31. The lowest BCUT2D eigenvalue weighted by Crippen LogP contribution is -2.43. The number of likely N-dealkylation sites (N-methyl/N-ethyl adjacent to an activating group) is 2. The van der Waals surface area contributed by atoms with Gasteiger partial charge in [-0.1, -0.05) is 6.42 Å². The molecule has 1 saturated heterocycles. The van der Waals surface area contributed by atoms with Crippen molar-refractivity contribution >= 4 is 0 Å². The predicted octanol–water partition coefficient (Wildman–Crippen LogP) is 2.01. The van der Waals surface area contributed by atoms with E-state index in [4.69, 9.17) is 0 Å². The van der Waals surface area contributed by atoms with Gasteiger partial charge in [0.25, 0.3) is 0 Å². The van der Waals surface area contributed by atoms with Gasteiger partial charge in [-0.2, -0.15) is 0 Å². The van der Waals surface area contributed by atoms with E-state index in [1.54, 1.807) is 6.07 Å². The molecule has 106 valence electrons. The number of rotatable bonds is 4. The summed E-state index contributed by atoms with van der Waals surface area (Å²) in [5.74, 6) is 0.300. The van der Waals surface area contributed by atoms with E-state index in [0.29, 0.717) is 18.3 Å². The molecule has 19 heavy (non-hydrogen) atoms. The number of nitrogens with zero attached hydrogens (tertiary/aromatic N) is 3. The number of piperidine rings is 1. The number of hydrogen-bond acceptors (Lipinski definition) is 4. The minimum Gasteiger partial charge on any atom is -0.506 e. The Morgan fingerprint density at radius 2 is 2.21 bits per heavy atom. The summed E-state index contributed by atoms with van der Waals surface area (Å²) in [6.07, 6.45) is 3.92. The van der Waals surface area contributed by atoms with Crippen molar-refractivity contribution in [3.05, 3.63) is 23.5 Å². The maximum atomic E-state index is 9.84. The number of aromatic nitrogens is 1. The molecule has 1 aromatic rings. The number of hydrogen-bond donors (Lipinski definition) is 1. The van der Waals surface area contributed by atoms with Crippen LogP contribution in [0.1, 0.15) is 30.7 Å². The first-order valence-corrected chi connectivity index (χ1v) is 7.10. The maximum Gasteiger partial charge on any atom is 0.138 e. The molecule has 1 N–H and O–H groups in total. The Labute approximate surface area is 116 Å². The van der Waals surface area contributed by atoms with E-state index < -0.39 is 0 Å². The van der Waals surface area contributed by atoms with Crippen LogP contribution in [0.5, 0.6) is 5.75 Å². The van der Waals surface area contributed by atoms with Gasteiger partial charge >= 0.3 is 0 Å². The zero-order valence-electron chi connectivity index (χ0n) is 12.3. The van der Waals surface area contributed by atoms with Crippen molar-refractivity contribution in [1.82, 2.24) is 14.8 Å². The van der Waals surface area contributed by atoms with Crippen molar-refractivity contribution in [1.29, 1.82) is 0 Å². The van der Waals surface area contributed by atoms with Gasteiger partial charge in [0, 0.05) is 24.8 Å². The molecule has 2 heterocycles. The van der Waals surface area contributed by atoms with Crippen LogP contribution in [0, 0.1) is 6.92 Å². The van der Waals surface area contributed by atoms with Gasteiger partial charge in [0.2, 0.25) is 0 Å². The van der Waals surface area contributed by atoms with Crippen LogP contribution in [0.3, 0.4) is 0 Å². The molecule has 1 fully saturated rings. The van der Waals surface area contributed by atoms with Crippen molar-refractivity contribution < 1.29 is 5.11 Å². The van der Waals surface area contributed by atoms with Gasteiger partial charge < -0.3 is 10.0 Å². The predicted molar refractivity (Wildman–Crippen MR) is 77.2 cm³/mol. The van der Waals surface area contributed by atoms with Gasteiger partial charge in [-0.25, -0.2) is 0 Å². The van der Waals surface area contributed by atoms with Crippen LogP contribution < -0.4 is 0 Å². The second kappa shape index (κ2) is 6.35. The molecule has 0 amide bonds. The first-order chi connectivity index (χ1) is 9.06. The van der Waals surface area contributed by atoms with Crippen molar-refractivity contribution in [2.24, 2.45) is 0 Å². The molecular weight excluding hydrogens is 238 g/mol. The molecule has 1 aliphatic heterocycles. The van der Waals surface area contributed by atoms with Gasteiger partial charge in [0.05, 0.1) is 5.69 Å². The first kappa shape index (κ1) is 14.3. The van der Waals surface area contributed by atoms with E-state index in [9.17, 15) is 5.11 Å². The number of aromatic hydroxyl groups is 1. The summed E-state index contributed by atoms with van der Waals surface area (Å²) in [6, 6.07) is 4.21. The standard InChI is InChI=1S/C15H25N3O/c1-12-7-8-15(19)14(16-12)11-17(2)10-13-6-4-5-9-18(13)3/h7-8,13,19H,4-6,9-11H2,1-3H3. The summed E-state index contributed by atoms with van der Waals surface area (Å²) < 4.78 is 0. The third kappa shape index (κ3) is 3.91. The molecule has 0 radical (unpaired) electrons. The van der Waals surface area contributed by atoms with Gasteiger partial charge in [-0.3, -0.25) is 9.88 Å². The third-order valence-electron chi connectivity index (χ3n) is 3.95. The second-order valence-corrected chi connectivity index (χ2v) is 5.75. The number of aryl methyl sites for hydroxylation is 1. The number of pyridine rings is 1. The van der Waals surface area contributed by atoms with E-state index in [2.05, 4.69) is 28.9 Å². The van der Waals surface area contributed by atoms with Crippen LogP contribution in [0.4, 0.5) is 0 Å². The Balaban J connectivity index is 1.93. The van der Waals surface area contributed by atoms with E-state index in [0.717, 1.165) is 17.9 Å². The van der Waals surface area contributed by atoms with Crippen LogP contribution in [-0.2, 0) is 6.54 Å². The largest absolute Gasteiger partial charge is 0.506 e. The van der Waals surface area contributed by atoms with E-state index in [1.165, 1.54) is 25.8 Å². The smallest absolute Gasteiger partial charge is 0.138 e. The molecule has 1 unspecified atom stereocenters. The molecule has 0 spiro atoms. The molecular formula is C15H25N3O. The Morgan fingerprint density at radius 1 is 1.42 bits per heavy atom. The Kier molecular flexibility index (Phi) is 4.77. The Hall–Kier alpha value is -1.13. The zero-order valence-corrected chi connectivity index (χ0v) is 12.3. The SMILES string of the molecule is Cc1ccc(O)c(CN(C)CC2CCCCN2C)n1. The molecule has 1 atom stereocenters. The third-order valence-corrected chi connectivity index (χ3v) is 3.95. The lowest BCUT2D eigenvalue weighted by molar-refractivity contribution is 0.137. The lowest BCUT2D eigenvalue weighted by Gasteiger charge is -2.35. The maximum absolute atomic E-state index is 9.84. The summed E-state index contributed by atoms with van der Waals surface area (Å²) in [6.45, 7) is 4.90. The fraction of sp³-hybridized carbons (Fsp3) is 0.667. The molecule has 4 heteroatoms. The monoisotopic (exact) mass is 263 g/mol. The summed E-state index contributed by atoms with van der Waals surface area (Å²) in [5, 5.41) is 9.84. The quantitative estimate of drug-likeness (QED) is 0.902. The van der Waals surface area contributed by atoms with E-state index in [1.807, 2.05) is 13.0 Å². The molecule has 1 aliphatic rings. The van der Waals surface area contributed by atoms with Crippen LogP contribution in [0.2, 0.25) is 0 Å². The zero-order chi connectivity index (χ0) is 13.8. The minimum absolute atomic E-state index is 0.300. The normalized spacial score (nSPS) is 20.9.